The van der Waals surface area contributed by atoms with Gasteiger partial charge in [0.25, 0.3) is 5.56 Å². The summed E-state index contributed by atoms with van der Waals surface area (Å²) in [7, 11) is 1.49. The number of pyridine rings is 1. The molecule has 158 valence electrons. The number of hydrogen-bond acceptors (Lipinski definition) is 6. The molecule has 5 N–H and O–H groups in total. The Morgan fingerprint density at radius 3 is 2.27 bits per heavy atom. The number of nitrogens with one attached hydrogen (secondary N) is 1. The Balaban J connectivity index is 2.77. The van der Waals surface area contributed by atoms with E-state index < -0.39 is 34.4 Å². The number of nitrogen functional groups attached to an aromatic ring is 1. The molecule has 1 aromatic carbocycles. The maximum absolute atomic E-state index is 12.2. The number of carboxylic acids is 2. The van der Waals surface area contributed by atoms with E-state index >= 15 is 0 Å². The van der Waals surface area contributed by atoms with Gasteiger partial charge in [-0.2, -0.15) is 0 Å². The van der Waals surface area contributed by atoms with Crippen LogP contribution >= 0.6 is 0 Å². The fourth-order valence-electron chi connectivity index (χ4n) is 3.20. The number of benzene rings is 1. The Morgan fingerprint density at radius 1 is 1.17 bits per heavy atom. The predicted molar refractivity (Wildman–Crippen MR) is 113 cm³/mol. The van der Waals surface area contributed by atoms with Crippen molar-refractivity contribution in [2.45, 2.75) is 6.54 Å². The molecule has 0 aliphatic rings. The van der Waals surface area contributed by atoms with Crippen LogP contribution in [0.2, 0.25) is 0 Å². The third-order valence-corrected chi connectivity index (χ3v) is 4.41. The standard InChI is InChI=1S/C21H23N3O6/c1-4-8-24(9-5-2)11-13-10-12(6-7-14(13)30-3)15-16(20(26)27)18(22)23-19(25)17(15)21(28)29/h4-7,10H,1-2,8-9,11H2,3H3,(H,26,27)(H,28,29)(H3,22,23,25). The quantitative estimate of drug-likeness (QED) is 0.434. The highest BCUT2D eigenvalue weighted by molar-refractivity contribution is 6.07. The van der Waals surface area contributed by atoms with Gasteiger partial charge in [-0.25, -0.2) is 9.59 Å². The molecule has 0 amide bonds. The van der Waals surface area contributed by atoms with Crippen LogP contribution in [0.25, 0.3) is 11.1 Å². The lowest BCUT2D eigenvalue weighted by Gasteiger charge is -2.21. The van der Waals surface area contributed by atoms with Crippen molar-refractivity contribution in [2.75, 3.05) is 25.9 Å². The van der Waals surface area contributed by atoms with E-state index in [0.717, 1.165) is 0 Å². The maximum atomic E-state index is 12.2. The van der Waals surface area contributed by atoms with E-state index in [1.807, 2.05) is 4.90 Å². The SMILES string of the molecule is C=CCN(CC=C)Cc1cc(-c2c(C(=O)O)c(N)[nH]c(=O)c2C(=O)O)ccc1OC. The van der Waals surface area contributed by atoms with Crippen LogP contribution in [0.4, 0.5) is 5.82 Å². The molecule has 1 aromatic heterocycles. The Morgan fingerprint density at radius 2 is 1.77 bits per heavy atom. The highest BCUT2D eigenvalue weighted by Gasteiger charge is 2.27. The molecule has 0 aliphatic carbocycles. The Bertz CT molecular complexity index is 1050. The van der Waals surface area contributed by atoms with Crippen molar-refractivity contribution in [3.05, 3.63) is 70.6 Å². The van der Waals surface area contributed by atoms with Crippen LogP contribution in [-0.4, -0.2) is 52.2 Å². The van der Waals surface area contributed by atoms with Crippen molar-refractivity contribution in [3.63, 3.8) is 0 Å². The number of nitrogens with two attached hydrogens (primary N) is 1. The second kappa shape index (κ2) is 9.57. The lowest BCUT2D eigenvalue weighted by atomic mass is 9.94. The zero-order chi connectivity index (χ0) is 22.4. The van der Waals surface area contributed by atoms with Gasteiger partial charge >= 0.3 is 11.9 Å². The third-order valence-electron chi connectivity index (χ3n) is 4.41. The molecule has 0 saturated heterocycles. The van der Waals surface area contributed by atoms with E-state index in [-0.39, 0.29) is 11.1 Å². The fraction of sp³-hybridized carbons (Fsp3) is 0.190. The van der Waals surface area contributed by atoms with Gasteiger partial charge in [0, 0.05) is 30.8 Å². The van der Waals surface area contributed by atoms with Gasteiger partial charge in [0.15, 0.2) is 0 Å². The van der Waals surface area contributed by atoms with Gasteiger partial charge < -0.3 is 25.7 Å². The van der Waals surface area contributed by atoms with E-state index in [0.29, 0.717) is 30.9 Å². The molecule has 2 aromatic rings. The van der Waals surface area contributed by atoms with Gasteiger partial charge in [-0.1, -0.05) is 18.2 Å². The third kappa shape index (κ3) is 4.58. The molecule has 0 unspecified atom stereocenters. The zero-order valence-electron chi connectivity index (χ0n) is 16.5. The fourth-order valence-corrected chi connectivity index (χ4v) is 3.20. The van der Waals surface area contributed by atoms with Crippen molar-refractivity contribution < 1.29 is 24.5 Å². The van der Waals surface area contributed by atoms with Crippen LogP contribution in [0, 0.1) is 0 Å². The summed E-state index contributed by atoms with van der Waals surface area (Å²) < 4.78 is 5.39. The Labute approximate surface area is 172 Å². The highest BCUT2D eigenvalue weighted by Crippen LogP contribution is 2.33. The first-order valence-electron chi connectivity index (χ1n) is 8.88. The van der Waals surface area contributed by atoms with Gasteiger partial charge in [-0.3, -0.25) is 9.69 Å². The van der Waals surface area contributed by atoms with Gasteiger partial charge in [0.05, 0.1) is 7.11 Å². The smallest absolute Gasteiger partial charge is 0.342 e. The number of rotatable bonds is 10. The van der Waals surface area contributed by atoms with Gasteiger partial charge in [-0.05, 0) is 17.7 Å². The summed E-state index contributed by atoms with van der Waals surface area (Å²) in [4.78, 5) is 39.9. The molecule has 9 nitrogen and oxygen atoms in total. The number of H-pyrrole nitrogens is 1. The monoisotopic (exact) mass is 413 g/mol. The first kappa shape index (κ1) is 22.4. The van der Waals surface area contributed by atoms with Crippen molar-refractivity contribution in [1.82, 2.24) is 9.88 Å². The summed E-state index contributed by atoms with van der Waals surface area (Å²) in [5, 5.41) is 19.2. The Hall–Kier alpha value is -3.85. The topological polar surface area (TPSA) is 146 Å². The number of nitrogens with zero attached hydrogens (tertiary/aromatic N) is 1. The molecule has 0 spiro atoms. The largest absolute Gasteiger partial charge is 0.496 e. The summed E-state index contributed by atoms with van der Waals surface area (Å²) in [5.74, 6) is -2.93. The van der Waals surface area contributed by atoms with Crippen molar-refractivity contribution in [3.8, 4) is 16.9 Å². The number of aromatic carboxylic acids is 2. The minimum atomic E-state index is -1.56. The van der Waals surface area contributed by atoms with Gasteiger partial charge in [0.1, 0.15) is 22.7 Å². The minimum absolute atomic E-state index is 0.218. The van der Waals surface area contributed by atoms with Gasteiger partial charge in [0.2, 0.25) is 0 Å². The number of ether oxygens (including phenoxy) is 1. The molecular formula is C21H23N3O6. The first-order valence-corrected chi connectivity index (χ1v) is 8.88. The summed E-state index contributed by atoms with van der Waals surface area (Å²) in [6, 6.07) is 4.66. The molecule has 0 radical (unpaired) electrons. The number of methoxy groups -OCH3 is 1. The van der Waals surface area contributed by atoms with Gasteiger partial charge in [-0.15, -0.1) is 13.2 Å². The molecule has 1 heterocycles. The predicted octanol–water partition coefficient (Wildman–Crippen LogP) is 2.20. The number of hydrogen-bond donors (Lipinski definition) is 4. The Kier molecular flexibility index (Phi) is 7.16. The van der Waals surface area contributed by atoms with E-state index in [9.17, 15) is 24.6 Å². The van der Waals surface area contributed by atoms with Crippen LogP contribution in [0.3, 0.4) is 0 Å². The number of carboxylic acid groups (broad SMARTS) is 2. The van der Waals surface area contributed by atoms with Crippen LogP contribution in [0.5, 0.6) is 5.75 Å². The van der Waals surface area contributed by atoms with E-state index in [1.54, 1.807) is 24.3 Å². The van der Waals surface area contributed by atoms with Crippen LogP contribution in [-0.2, 0) is 6.54 Å². The van der Waals surface area contributed by atoms with E-state index in [2.05, 4.69) is 18.1 Å². The molecule has 0 aliphatic heterocycles. The minimum Gasteiger partial charge on any atom is -0.496 e. The van der Waals surface area contributed by atoms with Crippen LogP contribution < -0.4 is 16.0 Å². The second-order valence-electron chi connectivity index (χ2n) is 6.40. The normalized spacial score (nSPS) is 10.6. The average molecular weight is 413 g/mol. The summed E-state index contributed by atoms with van der Waals surface area (Å²) >= 11 is 0. The number of aromatic nitrogens is 1. The van der Waals surface area contributed by atoms with E-state index in [4.69, 9.17) is 10.5 Å². The molecule has 0 saturated carbocycles. The molecule has 2 rings (SSSR count). The molecule has 9 heteroatoms. The average Bonchev–Trinajstić information content (AvgIpc) is 2.67. The first-order chi connectivity index (χ1) is 14.2. The lowest BCUT2D eigenvalue weighted by molar-refractivity contribution is 0.0695. The summed E-state index contributed by atoms with van der Waals surface area (Å²) in [6.45, 7) is 8.94. The van der Waals surface area contributed by atoms with Crippen molar-refractivity contribution in [2.24, 2.45) is 0 Å². The number of anilines is 1. The molecule has 0 fully saturated rings. The van der Waals surface area contributed by atoms with Crippen molar-refractivity contribution >= 4 is 17.8 Å². The number of carbonyl (C=O) groups is 2. The molecule has 30 heavy (non-hydrogen) atoms. The number of aromatic amines is 1. The zero-order valence-corrected chi connectivity index (χ0v) is 16.5. The summed E-state index contributed by atoms with van der Waals surface area (Å²) in [5.41, 5.74) is 4.13. The lowest BCUT2D eigenvalue weighted by Crippen LogP contribution is -2.25. The maximum Gasteiger partial charge on any atom is 0.342 e. The van der Waals surface area contributed by atoms with Crippen LogP contribution in [0.15, 0.2) is 48.3 Å². The van der Waals surface area contributed by atoms with Crippen molar-refractivity contribution in [1.29, 1.82) is 0 Å². The highest BCUT2D eigenvalue weighted by atomic mass is 16.5. The van der Waals surface area contributed by atoms with Crippen LogP contribution in [0.1, 0.15) is 26.3 Å². The molecule has 0 atom stereocenters. The molecular weight excluding hydrogens is 390 g/mol. The summed E-state index contributed by atoms with van der Waals surface area (Å²) in [6.07, 6.45) is 3.45. The van der Waals surface area contributed by atoms with E-state index in [1.165, 1.54) is 13.2 Å². The molecule has 0 bridgehead atoms. The second-order valence-corrected chi connectivity index (χ2v) is 6.40.